The van der Waals surface area contributed by atoms with Gasteiger partial charge < -0.3 is 0 Å². The fraction of sp³-hybridized carbons (Fsp3) is 0. The van der Waals surface area contributed by atoms with Crippen molar-refractivity contribution < 1.29 is 0 Å². The number of pyridine rings is 1. The predicted molar refractivity (Wildman–Crippen MR) is 108 cm³/mol. The molecule has 0 N–H and O–H groups in total. The maximum atomic E-state index is 4.88. The fourth-order valence-corrected chi connectivity index (χ4v) is 3.71. The zero-order valence-corrected chi connectivity index (χ0v) is 15.9. The van der Waals surface area contributed by atoms with Crippen LogP contribution in [0.4, 0.5) is 0 Å². The highest BCUT2D eigenvalue weighted by atomic mass is 79.9. The van der Waals surface area contributed by atoms with Gasteiger partial charge >= 0.3 is 0 Å². The summed E-state index contributed by atoms with van der Waals surface area (Å²) in [7, 11) is 0. The molecule has 3 heteroatoms. The molecule has 1 aromatic heterocycles. The average Bonchev–Trinajstić information content (AvgIpc) is 2.62. The van der Waals surface area contributed by atoms with E-state index in [9.17, 15) is 0 Å². The van der Waals surface area contributed by atoms with E-state index >= 15 is 0 Å². The van der Waals surface area contributed by atoms with Gasteiger partial charge in [0.05, 0.1) is 11.2 Å². The van der Waals surface area contributed by atoms with Gasteiger partial charge in [-0.1, -0.05) is 80.4 Å². The largest absolute Gasteiger partial charge is 0.248 e. The molecule has 4 rings (SSSR count). The van der Waals surface area contributed by atoms with Crippen LogP contribution < -0.4 is 0 Å². The highest BCUT2D eigenvalue weighted by Crippen LogP contribution is 2.35. The van der Waals surface area contributed by atoms with E-state index in [2.05, 4.69) is 80.4 Å². The molecule has 0 unspecified atom stereocenters. The summed E-state index contributed by atoms with van der Waals surface area (Å²) in [5.41, 5.74) is 5.44. The quantitative estimate of drug-likeness (QED) is 0.325. The number of hydrogen-bond acceptors (Lipinski definition) is 1. The van der Waals surface area contributed by atoms with Crippen LogP contribution >= 0.6 is 31.9 Å². The number of nitrogens with zero attached hydrogens (tertiary/aromatic N) is 1. The zero-order valence-electron chi connectivity index (χ0n) is 12.7. The van der Waals surface area contributed by atoms with E-state index in [1.54, 1.807) is 0 Å². The predicted octanol–water partition coefficient (Wildman–Crippen LogP) is 7.09. The lowest BCUT2D eigenvalue weighted by atomic mass is 9.98. The van der Waals surface area contributed by atoms with E-state index in [0.29, 0.717) is 0 Å². The van der Waals surface area contributed by atoms with Crippen LogP contribution in [0.25, 0.3) is 33.3 Å². The monoisotopic (exact) mass is 437 g/mol. The van der Waals surface area contributed by atoms with E-state index in [-0.39, 0.29) is 0 Å². The highest BCUT2D eigenvalue weighted by molar-refractivity contribution is 9.10. The molecule has 0 radical (unpaired) electrons. The Morgan fingerprint density at radius 1 is 0.667 bits per heavy atom. The van der Waals surface area contributed by atoms with Crippen LogP contribution in [0.3, 0.4) is 0 Å². The maximum absolute atomic E-state index is 4.88. The Kier molecular flexibility index (Phi) is 4.21. The molecule has 0 spiro atoms. The van der Waals surface area contributed by atoms with Crippen molar-refractivity contribution in [3.8, 4) is 22.4 Å². The Hall–Kier alpha value is -1.97. The van der Waals surface area contributed by atoms with Crippen molar-refractivity contribution in [1.29, 1.82) is 0 Å². The second-order valence-corrected chi connectivity index (χ2v) is 7.33. The Morgan fingerprint density at radius 2 is 1.42 bits per heavy atom. The molecule has 0 aliphatic rings. The number of rotatable bonds is 2. The number of benzene rings is 3. The first-order valence-electron chi connectivity index (χ1n) is 7.63. The van der Waals surface area contributed by atoms with Gasteiger partial charge in [-0.15, -0.1) is 0 Å². The second kappa shape index (κ2) is 6.50. The van der Waals surface area contributed by atoms with Crippen LogP contribution in [0.15, 0.2) is 87.8 Å². The first kappa shape index (κ1) is 15.6. The van der Waals surface area contributed by atoms with Gasteiger partial charge in [0.25, 0.3) is 0 Å². The van der Waals surface area contributed by atoms with Crippen molar-refractivity contribution in [2.24, 2.45) is 0 Å². The van der Waals surface area contributed by atoms with Crippen LogP contribution in [-0.4, -0.2) is 4.98 Å². The normalized spacial score (nSPS) is 10.9. The lowest BCUT2D eigenvalue weighted by Gasteiger charge is -2.12. The lowest BCUT2D eigenvalue weighted by Crippen LogP contribution is -1.90. The molecule has 0 saturated carbocycles. The molecule has 0 fully saturated rings. The maximum Gasteiger partial charge on any atom is 0.0727 e. The summed E-state index contributed by atoms with van der Waals surface area (Å²) in [6.07, 6.45) is 0. The van der Waals surface area contributed by atoms with Crippen LogP contribution in [0, 0.1) is 0 Å². The number of hydrogen-bond donors (Lipinski definition) is 0. The summed E-state index contributed by atoms with van der Waals surface area (Å²) in [6, 6.07) is 27.0. The summed E-state index contributed by atoms with van der Waals surface area (Å²) in [5.74, 6) is 0. The Balaban J connectivity index is 2.05. The van der Waals surface area contributed by atoms with Crippen molar-refractivity contribution in [3.05, 3.63) is 87.8 Å². The van der Waals surface area contributed by atoms with E-state index in [1.807, 2.05) is 30.3 Å². The molecular formula is C21H13Br2N. The molecular weight excluding hydrogens is 426 g/mol. The molecule has 24 heavy (non-hydrogen) atoms. The SMILES string of the molecule is Brc1ccc2nc(-c3ccccc3Br)cc(-c3ccccc3)c2c1. The van der Waals surface area contributed by atoms with E-state index in [1.165, 1.54) is 11.1 Å². The standard InChI is InChI=1S/C21H13Br2N/c22-15-10-11-20-18(12-15)17(14-6-2-1-3-7-14)13-21(24-20)16-8-4-5-9-19(16)23/h1-13H. The second-order valence-electron chi connectivity index (χ2n) is 5.56. The first-order valence-corrected chi connectivity index (χ1v) is 9.21. The van der Waals surface area contributed by atoms with Crippen molar-refractivity contribution in [1.82, 2.24) is 4.98 Å². The first-order chi connectivity index (χ1) is 11.7. The molecule has 1 nitrogen and oxygen atoms in total. The van der Waals surface area contributed by atoms with Gasteiger partial charge in [0.2, 0.25) is 0 Å². The van der Waals surface area contributed by atoms with Crippen LogP contribution in [-0.2, 0) is 0 Å². The minimum atomic E-state index is 0.969. The third-order valence-electron chi connectivity index (χ3n) is 4.01. The summed E-state index contributed by atoms with van der Waals surface area (Å²) in [4.78, 5) is 4.88. The molecule has 0 saturated heterocycles. The van der Waals surface area contributed by atoms with Gasteiger partial charge in [-0.2, -0.15) is 0 Å². The summed E-state index contributed by atoms with van der Waals surface area (Å²) < 4.78 is 2.11. The topological polar surface area (TPSA) is 12.9 Å². The highest BCUT2D eigenvalue weighted by Gasteiger charge is 2.11. The van der Waals surface area contributed by atoms with Crippen molar-refractivity contribution in [2.75, 3.05) is 0 Å². The molecule has 0 aliphatic heterocycles. The molecule has 116 valence electrons. The molecule has 0 bridgehead atoms. The Labute approximate surface area is 157 Å². The molecule has 0 amide bonds. The number of fused-ring (bicyclic) bond motifs is 1. The fourth-order valence-electron chi connectivity index (χ4n) is 2.86. The molecule has 4 aromatic rings. The van der Waals surface area contributed by atoms with Crippen LogP contribution in [0.1, 0.15) is 0 Å². The minimum Gasteiger partial charge on any atom is -0.248 e. The van der Waals surface area contributed by atoms with Crippen LogP contribution in [0.5, 0.6) is 0 Å². The van der Waals surface area contributed by atoms with Crippen molar-refractivity contribution >= 4 is 42.8 Å². The Morgan fingerprint density at radius 3 is 2.21 bits per heavy atom. The van der Waals surface area contributed by atoms with Crippen molar-refractivity contribution in [2.45, 2.75) is 0 Å². The summed E-state index contributed by atoms with van der Waals surface area (Å²) in [5, 5.41) is 1.14. The minimum absolute atomic E-state index is 0.969. The zero-order chi connectivity index (χ0) is 16.5. The third kappa shape index (κ3) is 2.90. The van der Waals surface area contributed by atoms with Gasteiger partial charge in [-0.05, 0) is 41.5 Å². The van der Waals surface area contributed by atoms with Gasteiger partial charge in [0.1, 0.15) is 0 Å². The molecule has 0 aliphatic carbocycles. The van der Waals surface area contributed by atoms with E-state index in [0.717, 1.165) is 31.1 Å². The van der Waals surface area contributed by atoms with E-state index in [4.69, 9.17) is 4.98 Å². The van der Waals surface area contributed by atoms with Crippen LogP contribution in [0.2, 0.25) is 0 Å². The average molecular weight is 439 g/mol. The third-order valence-corrected chi connectivity index (χ3v) is 5.19. The van der Waals surface area contributed by atoms with Gasteiger partial charge in [-0.25, -0.2) is 4.98 Å². The number of halogens is 2. The number of aromatic nitrogens is 1. The summed E-state index contributed by atoms with van der Waals surface area (Å²) in [6.45, 7) is 0. The molecule has 0 atom stereocenters. The Bertz CT molecular complexity index is 1030. The van der Waals surface area contributed by atoms with Gasteiger partial charge in [0.15, 0.2) is 0 Å². The molecule has 1 heterocycles. The summed E-state index contributed by atoms with van der Waals surface area (Å²) >= 11 is 7.22. The van der Waals surface area contributed by atoms with Gasteiger partial charge in [-0.3, -0.25) is 0 Å². The lowest BCUT2D eigenvalue weighted by molar-refractivity contribution is 1.39. The van der Waals surface area contributed by atoms with Crippen molar-refractivity contribution in [3.63, 3.8) is 0 Å². The van der Waals surface area contributed by atoms with Gasteiger partial charge in [0, 0.05) is 19.9 Å². The smallest absolute Gasteiger partial charge is 0.0727 e. The molecule has 3 aromatic carbocycles. The van der Waals surface area contributed by atoms with E-state index < -0.39 is 0 Å².